The zero-order valence-electron chi connectivity index (χ0n) is 13.8. The number of rotatable bonds is 7. The van der Waals surface area contributed by atoms with Crippen molar-refractivity contribution in [3.8, 4) is 5.75 Å². The third-order valence-corrected chi connectivity index (χ3v) is 3.72. The number of hydrogen-bond acceptors (Lipinski definition) is 3. The summed E-state index contributed by atoms with van der Waals surface area (Å²) in [5, 5.41) is 2.76. The van der Waals surface area contributed by atoms with E-state index in [1.54, 1.807) is 18.6 Å². The summed E-state index contributed by atoms with van der Waals surface area (Å²) < 4.78 is 30.8. The Hall–Kier alpha value is -3.22. The van der Waals surface area contributed by atoms with E-state index in [-0.39, 0.29) is 17.2 Å². The molecule has 26 heavy (non-hydrogen) atoms. The third kappa shape index (κ3) is 4.89. The summed E-state index contributed by atoms with van der Waals surface area (Å²) in [6.45, 7) is -1.86. The van der Waals surface area contributed by atoms with Crippen LogP contribution in [0.4, 0.5) is 8.78 Å². The smallest absolute Gasteiger partial charge is 0.387 e. The first-order valence-corrected chi connectivity index (χ1v) is 7.97. The Bertz CT molecular complexity index is 849. The quantitative estimate of drug-likeness (QED) is 0.705. The number of carbonyl (C=O) groups is 1. The monoisotopic (exact) mass is 357 g/mol. The van der Waals surface area contributed by atoms with Gasteiger partial charge in [-0.15, -0.1) is 0 Å². The molecule has 0 unspecified atom stereocenters. The second kappa shape index (κ2) is 8.24. The van der Waals surface area contributed by atoms with Crippen molar-refractivity contribution in [2.24, 2.45) is 0 Å². The third-order valence-electron chi connectivity index (χ3n) is 3.72. The Balaban J connectivity index is 1.55. The predicted octanol–water partition coefficient (Wildman–Crippen LogP) is 3.46. The van der Waals surface area contributed by atoms with Gasteiger partial charge < -0.3 is 14.6 Å². The number of carbonyl (C=O) groups excluding carboxylic acids is 1. The molecule has 3 rings (SSSR count). The van der Waals surface area contributed by atoms with Gasteiger partial charge in [-0.25, -0.2) is 4.98 Å². The molecular weight excluding hydrogens is 340 g/mol. The highest BCUT2D eigenvalue weighted by molar-refractivity contribution is 5.94. The summed E-state index contributed by atoms with van der Waals surface area (Å²) in [7, 11) is 0. The lowest BCUT2D eigenvalue weighted by molar-refractivity contribution is -0.0498. The lowest BCUT2D eigenvalue weighted by Crippen LogP contribution is -2.22. The minimum Gasteiger partial charge on any atom is -0.435 e. The minimum atomic E-state index is -2.92. The van der Waals surface area contributed by atoms with Gasteiger partial charge in [-0.3, -0.25) is 4.79 Å². The van der Waals surface area contributed by atoms with Gasteiger partial charge >= 0.3 is 6.61 Å². The van der Waals surface area contributed by atoms with Crippen LogP contribution < -0.4 is 10.1 Å². The number of alkyl halides is 2. The van der Waals surface area contributed by atoms with Crippen LogP contribution in [0.25, 0.3) is 0 Å². The van der Waals surface area contributed by atoms with Crippen LogP contribution >= 0.6 is 0 Å². The fourth-order valence-electron chi connectivity index (χ4n) is 2.45. The Morgan fingerprint density at radius 2 is 1.92 bits per heavy atom. The fraction of sp³-hybridized carbons (Fsp3) is 0.158. The Labute approximate surface area is 149 Å². The van der Waals surface area contributed by atoms with Crippen molar-refractivity contribution in [2.45, 2.75) is 19.7 Å². The number of nitrogens with one attached hydrogen (secondary N) is 1. The molecule has 0 fully saturated rings. The van der Waals surface area contributed by atoms with E-state index in [2.05, 4.69) is 15.0 Å². The highest BCUT2D eigenvalue weighted by Crippen LogP contribution is 2.16. The molecule has 0 saturated heterocycles. The Morgan fingerprint density at radius 1 is 1.15 bits per heavy atom. The number of imidazole rings is 1. The molecule has 7 heteroatoms. The molecule has 0 atom stereocenters. The summed E-state index contributed by atoms with van der Waals surface area (Å²) in [6.07, 6.45) is 5.37. The summed E-state index contributed by atoms with van der Waals surface area (Å²) in [5.41, 5.74) is 2.32. The van der Waals surface area contributed by atoms with Crippen LogP contribution in [0, 0.1) is 0 Å². The van der Waals surface area contributed by atoms with Crippen molar-refractivity contribution in [3.63, 3.8) is 0 Å². The van der Waals surface area contributed by atoms with Crippen molar-refractivity contribution >= 4 is 5.91 Å². The fourth-order valence-corrected chi connectivity index (χ4v) is 2.45. The maximum atomic E-state index is 12.2. The predicted molar refractivity (Wildman–Crippen MR) is 92.0 cm³/mol. The zero-order valence-corrected chi connectivity index (χ0v) is 13.8. The van der Waals surface area contributed by atoms with E-state index in [0.29, 0.717) is 6.54 Å². The largest absolute Gasteiger partial charge is 0.435 e. The molecule has 2 aromatic carbocycles. The van der Waals surface area contributed by atoms with Gasteiger partial charge in [-0.05, 0) is 29.3 Å². The van der Waals surface area contributed by atoms with Gasteiger partial charge in [0.1, 0.15) is 5.75 Å². The number of aromatic nitrogens is 2. The first-order valence-electron chi connectivity index (χ1n) is 7.97. The topological polar surface area (TPSA) is 56.2 Å². The van der Waals surface area contributed by atoms with Crippen LogP contribution in [0.1, 0.15) is 21.5 Å². The molecule has 0 aliphatic carbocycles. The number of benzene rings is 2. The number of halogens is 2. The van der Waals surface area contributed by atoms with Crippen molar-refractivity contribution in [1.29, 1.82) is 0 Å². The molecule has 134 valence electrons. The highest BCUT2D eigenvalue weighted by Gasteiger charge is 2.09. The number of amides is 1. The van der Waals surface area contributed by atoms with Gasteiger partial charge in [0.2, 0.25) is 0 Å². The maximum absolute atomic E-state index is 12.2. The van der Waals surface area contributed by atoms with E-state index < -0.39 is 6.61 Å². The molecular formula is C19H17F2N3O2. The Kier molecular flexibility index (Phi) is 5.58. The molecule has 3 aromatic rings. The molecule has 0 aliphatic heterocycles. The average Bonchev–Trinajstić information content (AvgIpc) is 3.13. The van der Waals surface area contributed by atoms with Crippen LogP contribution in [-0.2, 0) is 13.1 Å². The SMILES string of the molecule is O=C(NCc1ccc(Cn2ccnc2)cc1)c1cccc(OC(F)F)c1. The van der Waals surface area contributed by atoms with Crippen molar-refractivity contribution in [1.82, 2.24) is 14.9 Å². The number of nitrogens with zero attached hydrogens (tertiary/aromatic N) is 2. The van der Waals surface area contributed by atoms with Crippen molar-refractivity contribution in [3.05, 3.63) is 83.9 Å². The summed E-state index contributed by atoms with van der Waals surface area (Å²) in [5.74, 6) is -0.399. The summed E-state index contributed by atoms with van der Waals surface area (Å²) >= 11 is 0. The molecule has 1 amide bonds. The van der Waals surface area contributed by atoms with E-state index in [1.807, 2.05) is 35.0 Å². The second-order valence-electron chi connectivity index (χ2n) is 5.64. The molecule has 1 N–H and O–H groups in total. The van der Waals surface area contributed by atoms with E-state index in [1.165, 1.54) is 18.2 Å². The molecule has 0 aliphatic rings. The van der Waals surface area contributed by atoms with Crippen molar-refractivity contribution < 1.29 is 18.3 Å². The molecule has 0 saturated carbocycles. The molecule has 0 spiro atoms. The van der Waals surface area contributed by atoms with E-state index >= 15 is 0 Å². The summed E-state index contributed by atoms with van der Waals surface area (Å²) in [6, 6.07) is 13.5. The normalized spacial score (nSPS) is 10.7. The van der Waals surface area contributed by atoms with Crippen molar-refractivity contribution in [2.75, 3.05) is 0 Å². The number of ether oxygens (including phenoxy) is 1. The lowest BCUT2D eigenvalue weighted by atomic mass is 10.1. The van der Waals surface area contributed by atoms with Gasteiger partial charge in [-0.1, -0.05) is 30.3 Å². The van der Waals surface area contributed by atoms with Gasteiger partial charge in [0, 0.05) is 31.0 Å². The van der Waals surface area contributed by atoms with Crippen LogP contribution in [0.5, 0.6) is 5.75 Å². The van der Waals surface area contributed by atoms with Gasteiger partial charge in [0.15, 0.2) is 0 Å². The molecule has 1 aromatic heterocycles. The molecule has 5 nitrogen and oxygen atoms in total. The molecule has 1 heterocycles. The maximum Gasteiger partial charge on any atom is 0.387 e. The van der Waals surface area contributed by atoms with E-state index in [9.17, 15) is 13.6 Å². The highest BCUT2D eigenvalue weighted by atomic mass is 19.3. The molecule has 0 radical (unpaired) electrons. The molecule has 0 bridgehead atoms. The van der Waals surface area contributed by atoms with Crippen LogP contribution in [-0.4, -0.2) is 22.1 Å². The van der Waals surface area contributed by atoms with E-state index in [0.717, 1.165) is 17.7 Å². The van der Waals surface area contributed by atoms with Crippen LogP contribution in [0.2, 0.25) is 0 Å². The van der Waals surface area contributed by atoms with Gasteiger partial charge in [0.05, 0.1) is 6.33 Å². The zero-order chi connectivity index (χ0) is 18.4. The van der Waals surface area contributed by atoms with E-state index in [4.69, 9.17) is 0 Å². The minimum absolute atomic E-state index is 0.0449. The standard InChI is InChI=1S/C19H17F2N3O2/c20-19(21)26-17-3-1-2-16(10-17)18(25)23-11-14-4-6-15(7-5-14)12-24-9-8-22-13-24/h1-10,13,19H,11-12H2,(H,23,25). The Morgan fingerprint density at radius 3 is 2.62 bits per heavy atom. The first kappa shape index (κ1) is 17.6. The summed E-state index contributed by atoms with van der Waals surface area (Å²) in [4.78, 5) is 16.2. The van der Waals surface area contributed by atoms with Crippen LogP contribution in [0.3, 0.4) is 0 Å². The first-order chi connectivity index (χ1) is 12.6. The lowest BCUT2D eigenvalue weighted by Gasteiger charge is -2.09. The van der Waals surface area contributed by atoms with Gasteiger partial charge in [0.25, 0.3) is 5.91 Å². The number of hydrogen-bond donors (Lipinski definition) is 1. The van der Waals surface area contributed by atoms with Crippen LogP contribution in [0.15, 0.2) is 67.3 Å². The van der Waals surface area contributed by atoms with Gasteiger partial charge in [-0.2, -0.15) is 8.78 Å². The average molecular weight is 357 g/mol. The second-order valence-corrected chi connectivity index (χ2v) is 5.64.